The molecule has 5 nitrogen and oxygen atoms in total. The van der Waals surface area contributed by atoms with Crippen LogP contribution in [-0.4, -0.2) is 22.1 Å². The Labute approximate surface area is 147 Å². The Bertz CT molecular complexity index is 965. The summed E-state index contributed by atoms with van der Waals surface area (Å²) < 4.78 is 6.36. The van der Waals surface area contributed by atoms with E-state index in [0.29, 0.717) is 6.54 Å². The van der Waals surface area contributed by atoms with Gasteiger partial charge in [0, 0.05) is 23.3 Å². The minimum absolute atomic E-state index is 0.651. The lowest BCUT2D eigenvalue weighted by atomic mass is 10.3. The second kappa shape index (κ2) is 6.54. The number of anilines is 1. The van der Waals surface area contributed by atoms with E-state index in [-0.39, 0.29) is 0 Å². The van der Waals surface area contributed by atoms with Crippen LogP contribution in [0.15, 0.2) is 48.1 Å². The number of methoxy groups -OCH3 is 1. The molecular formula is C17H14N4OS2. The molecule has 1 N–H and O–H groups in total. The number of pyridine rings is 1. The van der Waals surface area contributed by atoms with Crippen molar-refractivity contribution in [3.63, 3.8) is 0 Å². The van der Waals surface area contributed by atoms with Crippen LogP contribution in [0.3, 0.4) is 0 Å². The molecule has 0 saturated heterocycles. The number of aromatic nitrogens is 3. The molecular weight excluding hydrogens is 340 g/mol. The van der Waals surface area contributed by atoms with Crippen molar-refractivity contribution in [3.05, 3.63) is 53.8 Å². The van der Waals surface area contributed by atoms with Gasteiger partial charge in [-0.15, -0.1) is 11.3 Å². The van der Waals surface area contributed by atoms with E-state index in [1.807, 2.05) is 30.3 Å². The molecule has 0 radical (unpaired) electrons. The van der Waals surface area contributed by atoms with Crippen molar-refractivity contribution >= 4 is 38.0 Å². The number of fused-ring (bicyclic) bond motifs is 1. The van der Waals surface area contributed by atoms with E-state index in [0.717, 1.165) is 37.4 Å². The highest BCUT2D eigenvalue weighted by Gasteiger charge is 2.07. The molecule has 120 valence electrons. The SMILES string of the molecule is COc1ccc2nc(NCc3csc(-c4ccncc4)n3)sc2c1. The number of benzene rings is 1. The van der Waals surface area contributed by atoms with Crippen LogP contribution in [-0.2, 0) is 6.54 Å². The smallest absolute Gasteiger partial charge is 0.184 e. The topological polar surface area (TPSA) is 59.9 Å². The maximum absolute atomic E-state index is 5.25. The van der Waals surface area contributed by atoms with Gasteiger partial charge in [0.15, 0.2) is 5.13 Å². The summed E-state index contributed by atoms with van der Waals surface area (Å²) in [5, 5.41) is 7.31. The maximum atomic E-state index is 5.25. The normalized spacial score (nSPS) is 10.9. The van der Waals surface area contributed by atoms with Crippen LogP contribution >= 0.6 is 22.7 Å². The molecule has 0 bridgehead atoms. The van der Waals surface area contributed by atoms with Gasteiger partial charge in [0.05, 0.1) is 29.6 Å². The molecule has 7 heteroatoms. The van der Waals surface area contributed by atoms with Gasteiger partial charge in [-0.05, 0) is 30.3 Å². The van der Waals surface area contributed by atoms with Crippen molar-refractivity contribution in [1.29, 1.82) is 0 Å². The van der Waals surface area contributed by atoms with Crippen molar-refractivity contribution in [2.75, 3.05) is 12.4 Å². The van der Waals surface area contributed by atoms with Gasteiger partial charge in [-0.25, -0.2) is 9.97 Å². The highest BCUT2D eigenvalue weighted by Crippen LogP contribution is 2.30. The molecule has 0 saturated carbocycles. The zero-order chi connectivity index (χ0) is 16.4. The average molecular weight is 354 g/mol. The first-order chi connectivity index (χ1) is 11.8. The number of hydrogen-bond acceptors (Lipinski definition) is 7. The van der Waals surface area contributed by atoms with Gasteiger partial charge in [-0.1, -0.05) is 11.3 Å². The van der Waals surface area contributed by atoms with Crippen LogP contribution in [0.1, 0.15) is 5.69 Å². The second-order valence-corrected chi connectivity index (χ2v) is 6.97. The van der Waals surface area contributed by atoms with E-state index in [9.17, 15) is 0 Å². The van der Waals surface area contributed by atoms with E-state index < -0.39 is 0 Å². The van der Waals surface area contributed by atoms with Crippen LogP contribution in [0.25, 0.3) is 20.8 Å². The van der Waals surface area contributed by atoms with Crippen molar-refractivity contribution in [2.24, 2.45) is 0 Å². The Balaban J connectivity index is 1.48. The van der Waals surface area contributed by atoms with Gasteiger partial charge >= 0.3 is 0 Å². The maximum Gasteiger partial charge on any atom is 0.184 e. The van der Waals surface area contributed by atoms with Gasteiger partial charge in [0.25, 0.3) is 0 Å². The van der Waals surface area contributed by atoms with Gasteiger partial charge < -0.3 is 10.1 Å². The molecule has 4 rings (SSSR count). The number of ether oxygens (including phenoxy) is 1. The van der Waals surface area contributed by atoms with Crippen LogP contribution in [0, 0.1) is 0 Å². The molecule has 0 aliphatic heterocycles. The molecule has 0 fully saturated rings. The Kier molecular flexibility index (Phi) is 4.10. The summed E-state index contributed by atoms with van der Waals surface area (Å²) in [5.41, 5.74) is 3.07. The summed E-state index contributed by atoms with van der Waals surface area (Å²) >= 11 is 3.25. The average Bonchev–Trinajstić information content (AvgIpc) is 3.26. The van der Waals surface area contributed by atoms with Crippen molar-refractivity contribution in [2.45, 2.75) is 6.54 Å². The van der Waals surface area contributed by atoms with Crippen molar-refractivity contribution in [3.8, 4) is 16.3 Å². The largest absolute Gasteiger partial charge is 0.497 e. The first-order valence-corrected chi connectivity index (χ1v) is 9.05. The van der Waals surface area contributed by atoms with Gasteiger partial charge in [-0.3, -0.25) is 4.98 Å². The van der Waals surface area contributed by atoms with Crippen molar-refractivity contribution < 1.29 is 4.74 Å². The van der Waals surface area contributed by atoms with Crippen LogP contribution < -0.4 is 10.1 Å². The summed E-state index contributed by atoms with van der Waals surface area (Å²) in [6.45, 7) is 0.651. The first-order valence-electron chi connectivity index (χ1n) is 7.35. The molecule has 0 spiro atoms. The molecule has 3 aromatic heterocycles. The summed E-state index contributed by atoms with van der Waals surface area (Å²) in [6.07, 6.45) is 3.56. The molecule has 4 aromatic rings. The summed E-state index contributed by atoms with van der Waals surface area (Å²) in [6, 6.07) is 9.84. The van der Waals surface area contributed by atoms with Gasteiger partial charge in [-0.2, -0.15) is 0 Å². The molecule has 0 atom stereocenters. The molecule has 0 aliphatic rings. The van der Waals surface area contributed by atoms with Gasteiger partial charge in [0.1, 0.15) is 10.8 Å². The lowest BCUT2D eigenvalue weighted by Crippen LogP contribution is -1.98. The van der Waals surface area contributed by atoms with Gasteiger partial charge in [0.2, 0.25) is 0 Å². The molecule has 3 heterocycles. The Morgan fingerprint density at radius 3 is 2.83 bits per heavy atom. The third kappa shape index (κ3) is 3.08. The van der Waals surface area contributed by atoms with E-state index in [2.05, 4.69) is 25.6 Å². The highest BCUT2D eigenvalue weighted by atomic mass is 32.1. The van der Waals surface area contributed by atoms with Crippen LogP contribution in [0.2, 0.25) is 0 Å². The lowest BCUT2D eigenvalue weighted by molar-refractivity contribution is 0.415. The fraction of sp³-hybridized carbons (Fsp3) is 0.118. The summed E-state index contributed by atoms with van der Waals surface area (Å²) in [5.74, 6) is 0.846. The number of nitrogens with zero attached hydrogens (tertiary/aromatic N) is 3. The number of thiazole rings is 2. The van der Waals surface area contributed by atoms with E-state index in [4.69, 9.17) is 4.74 Å². The van der Waals surface area contributed by atoms with E-state index >= 15 is 0 Å². The molecule has 0 unspecified atom stereocenters. The standard InChI is InChI=1S/C17H14N4OS2/c1-22-13-2-3-14-15(8-13)24-17(21-14)19-9-12-10-23-16(20-12)11-4-6-18-7-5-11/h2-8,10H,9H2,1H3,(H,19,21). The number of rotatable bonds is 5. The monoisotopic (exact) mass is 354 g/mol. The Morgan fingerprint density at radius 2 is 2.00 bits per heavy atom. The van der Waals surface area contributed by atoms with Crippen molar-refractivity contribution in [1.82, 2.24) is 15.0 Å². The number of hydrogen-bond donors (Lipinski definition) is 1. The molecule has 0 amide bonds. The van der Waals surface area contributed by atoms with Crippen LogP contribution in [0.5, 0.6) is 5.75 Å². The van der Waals surface area contributed by atoms with E-state index in [1.54, 1.807) is 42.2 Å². The minimum Gasteiger partial charge on any atom is -0.497 e. The summed E-state index contributed by atoms with van der Waals surface area (Å²) in [4.78, 5) is 13.3. The highest BCUT2D eigenvalue weighted by molar-refractivity contribution is 7.22. The third-order valence-electron chi connectivity index (χ3n) is 3.50. The fourth-order valence-corrected chi connectivity index (χ4v) is 4.00. The van der Waals surface area contributed by atoms with E-state index in [1.165, 1.54) is 0 Å². The molecule has 24 heavy (non-hydrogen) atoms. The molecule has 1 aromatic carbocycles. The van der Waals surface area contributed by atoms with Crippen LogP contribution in [0.4, 0.5) is 5.13 Å². The fourth-order valence-electron chi connectivity index (χ4n) is 2.29. The second-order valence-electron chi connectivity index (χ2n) is 5.09. The molecule has 0 aliphatic carbocycles. The quantitative estimate of drug-likeness (QED) is 0.574. The number of nitrogens with one attached hydrogen (secondary N) is 1. The lowest BCUT2D eigenvalue weighted by Gasteiger charge is -1.98. The predicted octanol–water partition coefficient (Wildman–Crippen LogP) is 4.44. The minimum atomic E-state index is 0.651. The predicted molar refractivity (Wildman–Crippen MR) is 98.8 cm³/mol. The zero-order valence-corrected chi connectivity index (χ0v) is 14.5. The summed E-state index contributed by atoms with van der Waals surface area (Å²) in [7, 11) is 1.67. The first kappa shape index (κ1) is 15.0. The Hall–Kier alpha value is -2.51. The Morgan fingerprint density at radius 1 is 1.12 bits per heavy atom. The third-order valence-corrected chi connectivity index (χ3v) is 5.41. The zero-order valence-electron chi connectivity index (χ0n) is 12.9.